The smallest absolute Gasteiger partial charge is 0.227 e. The van der Waals surface area contributed by atoms with Gasteiger partial charge in [-0.25, -0.2) is 0 Å². The zero-order valence-electron chi connectivity index (χ0n) is 19.0. The van der Waals surface area contributed by atoms with E-state index in [0.717, 1.165) is 74.1 Å². The highest BCUT2D eigenvalue weighted by Gasteiger charge is 2.25. The molecule has 1 saturated heterocycles. The number of rotatable bonds is 6. The minimum Gasteiger partial charge on any atom is -0.495 e. The van der Waals surface area contributed by atoms with E-state index in [2.05, 4.69) is 37.6 Å². The zero-order chi connectivity index (χ0) is 22.3. The lowest BCUT2D eigenvalue weighted by Crippen LogP contribution is -2.52. The van der Waals surface area contributed by atoms with Crippen molar-refractivity contribution in [1.82, 2.24) is 10.2 Å². The molecule has 1 aliphatic heterocycles. The molecular weight excluding hydrogens is 402 g/mol. The van der Waals surface area contributed by atoms with Crippen molar-refractivity contribution in [2.45, 2.75) is 25.8 Å². The maximum absolute atomic E-state index is 12.2. The summed E-state index contributed by atoms with van der Waals surface area (Å²) in [5.74, 6) is 2.14. The monoisotopic (exact) mass is 435 g/mol. The molecule has 170 valence electrons. The van der Waals surface area contributed by atoms with E-state index in [0.29, 0.717) is 6.54 Å². The van der Waals surface area contributed by atoms with Crippen LogP contribution in [0.2, 0.25) is 0 Å². The first kappa shape index (κ1) is 22.0. The van der Waals surface area contributed by atoms with Crippen molar-refractivity contribution in [2.24, 2.45) is 10.9 Å². The van der Waals surface area contributed by atoms with Gasteiger partial charge in [-0.1, -0.05) is 30.7 Å². The summed E-state index contributed by atoms with van der Waals surface area (Å²) in [5, 5.41) is 6.53. The quantitative estimate of drug-likeness (QED) is 0.538. The number of carbonyl (C=O) groups is 1. The molecule has 2 aromatic rings. The van der Waals surface area contributed by atoms with Gasteiger partial charge in [0.1, 0.15) is 5.75 Å². The average Bonchev–Trinajstić information content (AvgIpc) is 2.79. The molecule has 7 nitrogen and oxygen atoms in total. The minimum atomic E-state index is 0.144. The second-order valence-electron chi connectivity index (χ2n) is 8.36. The number of hydrogen-bond acceptors (Lipinski definition) is 4. The van der Waals surface area contributed by atoms with Crippen LogP contribution in [0.1, 0.15) is 24.8 Å². The fraction of sp³-hybridized carbons (Fsp3) is 0.440. The zero-order valence-corrected chi connectivity index (χ0v) is 19.0. The number of nitrogens with one attached hydrogen (secondary N) is 2. The molecule has 2 N–H and O–H groups in total. The number of benzene rings is 2. The van der Waals surface area contributed by atoms with Crippen molar-refractivity contribution in [3.63, 3.8) is 0 Å². The molecule has 0 bridgehead atoms. The Kier molecular flexibility index (Phi) is 7.14. The Bertz CT molecular complexity index is 949. The van der Waals surface area contributed by atoms with Crippen LogP contribution in [0.15, 0.2) is 53.5 Å². The number of ether oxygens (including phenoxy) is 1. The summed E-state index contributed by atoms with van der Waals surface area (Å²) < 4.78 is 5.52. The molecule has 4 rings (SSSR count). The van der Waals surface area contributed by atoms with Gasteiger partial charge in [0.15, 0.2) is 5.96 Å². The molecule has 0 aromatic heterocycles. The van der Waals surface area contributed by atoms with E-state index >= 15 is 0 Å². The lowest BCUT2D eigenvalue weighted by molar-refractivity contribution is -0.122. The molecule has 2 fully saturated rings. The summed E-state index contributed by atoms with van der Waals surface area (Å²) >= 11 is 0. The number of guanidine groups is 1. The molecule has 0 unspecified atom stereocenters. The summed E-state index contributed by atoms with van der Waals surface area (Å²) in [5.41, 5.74) is 3.12. The predicted octanol–water partition coefficient (Wildman–Crippen LogP) is 3.33. The van der Waals surface area contributed by atoms with Crippen molar-refractivity contribution >= 4 is 23.2 Å². The van der Waals surface area contributed by atoms with Gasteiger partial charge in [0.05, 0.1) is 12.8 Å². The number of amides is 1. The molecule has 0 atom stereocenters. The highest BCUT2D eigenvalue weighted by atomic mass is 16.5. The van der Waals surface area contributed by atoms with Crippen LogP contribution in [0.5, 0.6) is 5.75 Å². The summed E-state index contributed by atoms with van der Waals surface area (Å²) in [6.07, 6.45) is 3.18. The molecule has 32 heavy (non-hydrogen) atoms. The average molecular weight is 436 g/mol. The molecule has 1 saturated carbocycles. The Hall–Kier alpha value is -3.22. The second-order valence-corrected chi connectivity index (χ2v) is 8.36. The standard InChI is InChI=1S/C25H33N5O2/c1-26-25(30-15-13-29(14-16-30)22-11-3-4-12-23(22)32-2)27-18-19-7-5-10-21(17-19)28-24(31)20-8-6-9-20/h3-5,7,10-12,17,20H,6,8-9,13-16,18H2,1-2H3,(H,26,27)(H,28,31). The van der Waals surface area contributed by atoms with Crippen LogP contribution < -0.4 is 20.3 Å². The highest BCUT2D eigenvalue weighted by Crippen LogP contribution is 2.29. The van der Waals surface area contributed by atoms with Crippen LogP contribution in [0.3, 0.4) is 0 Å². The van der Waals surface area contributed by atoms with Gasteiger partial charge in [-0.05, 0) is 42.7 Å². The highest BCUT2D eigenvalue weighted by molar-refractivity contribution is 5.93. The number of methoxy groups -OCH3 is 1. The van der Waals surface area contributed by atoms with Crippen molar-refractivity contribution < 1.29 is 9.53 Å². The lowest BCUT2D eigenvalue weighted by atomic mass is 9.85. The van der Waals surface area contributed by atoms with E-state index in [4.69, 9.17) is 4.74 Å². The van der Waals surface area contributed by atoms with Gasteiger partial charge in [0.25, 0.3) is 0 Å². The molecule has 1 aliphatic carbocycles. The maximum Gasteiger partial charge on any atom is 0.227 e. The molecule has 1 amide bonds. The van der Waals surface area contributed by atoms with E-state index in [9.17, 15) is 4.79 Å². The normalized spacial score (nSPS) is 17.0. The fourth-order valence-corrected chi connectivity index (χ4v) is 4.24. The van der Waals surface area contributed by atoms with E-state index in [1.54, 1.807) is 7.11 Å². The Balaban J connectivity index is 1.30. The van der Waals surface area contributed by atoms with Crippen LogP contribution >= 0.6 is 0 Å². The molecular formula is C25H33N5O2. The van der Waals surface area contributed by atoms with Crippen LogP contribution in [0, 0.1) is 5.92 Å². The third-order valence-corrected chi connectivity index (χ3v) is 6.34. The summed E-state index contributed by atoms with van der Waals surface area (Å²) in [7, 11) is 3.54. The third kappa shape index (κ3) is 5.15. The Labute approximate surface area is 190 Å². The van der Waals surface area contributed by atoms with Gasteiger partial charge in [-0.15, -0.1) is 0 Å². The topological polar surface area (TPSA) is 69.2 Å². The first-order valence-corrected chi connectivity index (χ1v) is 11.4. The molecule has 0 radical (unpaired) electrons. The third-order valence-electron chi connectivity index (χ3n) is 6.34. The van der Waals surface area contributed by atoms with Crippen molar-refractivity contribution in [3.05, 3.63) is 54.1 Å². The van der Waals surface area contributed by atoms with Gasteiger partial charge in [-0.3, -0.25) is 9.79 Å². The number of nitrogens with zero attached hydrogens (tertiary/aromatic N) is 3. The SMILES string of the molecule is CN=C(NCc1cccc(NC(=O)C2CCC2)c1)N1CCN(c2ccccc2OC)CC1. The minimum absolute atomic E-state index is 0.144. The number of hydrogen-bond donors (Lipinski definition) is 2. The maximum atomic E-state index is 12.2. The van der Waals surface area contributed by atoms with Crippen LogP contribution in [-0.2, 0) is 11.3 Å². The van der Waals surface area contributed by atoms with Gasteiger partial charge < -0.3 is 25.2 Å². The van der Waals surface area contributed by atoms with Crippen molar-refractivity contribution in [1.29, 1.82) is 0 Å². The Morgan fingerprint density at radius 3 is 2.56 bits per heavy atom. The summed E-state index contributed by atoms with van der Waals surface area (Å²) in [4.78, 5) is 21.4. The van der Waals surface area contributed by atoms with Gasteiger partial charge in [0, 0.05) is 51.4 Å². The number of aliphatic imine (C=N–C) groups is 1. The number of anilines is 2. The van der Waals surface area contributed by atoms with Crippen LogP contribution in [0.25, 0.3) is 0 Å². The summed E-state index contributed by atoms with van der Waals surface area (Å²) in [6, 6.07) is 16.2. The summed E-state index contributed by atoms with van der Waals surface area (Å²) in [6.45, 7) is 4.24. The fourth-order valence-electron chi connectivity index (χ4n) is 4.24. The predicted molar refractivity (Wildman–Crippen MR) is 129 cm³/mol. The molecule has 2 aliphatic rings. The van der Waals surface area contributed by atoms with Crippen LogP contribution in [0.4, 0.5) is 11.4 Å². The van der Waals surface area contributed by atoms with E-state index in [1.165, 1.54) is 0 Å². The Morgan fingerprint density at radius 1 is 1.09 bits per heavy atom. The number of piperazine rings is 1. The van der Waals surface area contributed by atoms with Gasteiger partial charge in [-0.2, -0.15) is 0 Å². The lowest BCUT2D eigenvalue weighted by Gasteiger charge is -2.38. The molecule has 7 heteroatoms. The molecule has 0 spiro atoms. The molecule has 2 aromatic carbocycles. The van der Waals surface area contributed by atoms with Crippen LogP contribution in [-0.4, -0.2) is 57.1 Å². The van der Waals surface area contributed by atoms with E-state index < -0.39 is 0 Å². The first-order valence-electron chi connectivity index (χ1n) is 11.4. The Morgan fingerprint density at radius 2 is 1.88 bits per heavy atom. The molecule has 1 heterocycles. The van der Waals surface area contributed by atoms with E-state index in [1.807, 2.05) is 43.4 Å². The second kappa shape index (κ2) is 10.4. The first-order chi connectivity index (χ1) is 15.7. The van der Waals surface area contributed by atoms with Gasteiger partial charge in [0.2, 0.25) is 5.91 Å². The largest absolute Gasteiger partial charge is 0.495 e. The number of carbonyl (C=O) groups excluding carboxylic acids is 1. The van der Waals surface area contributed by atoms with Crippen molar-refractivity contribution in [2.75, 3.05) is 50.6 Å². The number of para-hydroxylation sites is 2. The van der Waals surface area contributed by atoms with Crippen molar-refractivity contribution in [3.8, 4) is 5.75 Å². The van der Waals surface area contributed by atoms with E-state index in [-0.39, 0.29) is 11.8 Å². The van der Waals surface area contributed by atoms with Gasteiger partial charge >= 0.3 is 0 Å².